The number of anilines is 1. The molecule has 0 fully saturated rings. The predicted octanol–water partition coefficient (Wildman–Crippen LogP) is 2.38. The Bertz CT molecular complexity index is 329. The molecule has 1 aromatic carbocycles. The average Bonchev–Trinajstić information content (AvgIpc) is 2.35. The molecule has 0 spiro atoms. The van der Waals surface area contributed by atoms with E-state index in [0.717, 1.165) is 17.2 Å². The highest BCUT2D eigenvalue weighted by molar-refractivity contribution is 7.99. The SMILES string of the molecule is CC(CO)CSCCC(=O)Nc1ccccc1. The molecule has 17 heavy (non-hydrogen) atoms. The summed E-state index contributed by atoms with van der Waals surface area (Å²) in [6.45, 7) is 2.21. The first-order chi connectivity index (χ1) is 8.22. The topological polar surface area (TPSA) is 49.3 Å². The lowest BCUT2D eigenvalue weighted by Crippen LogP contribution is -2.12. The second kappa shape index (κ2) is 8.14. The molecule has 0 saturated carbocycles. The molecule has 1 rings (SSSR count). The van der Waals surface area contributed by atoms with Gasteiger partial charge in [-0.05, 0) is 23.8 Å². The van der Waals surface area contributed by atoms with Crippen LogP contribution in [0.3, 0.4) is 0 Å². The number of aliphatic hydroxyl groups excluding tert-OH is 1. The number of aliphatic hydroxyl groups is 1. The lowest BCUT2D eigenvalue weighted by atomic mass is 10.2. The van der Waals surface area contributed by atoms with E-state index in [2.05, 4.69) is 5.32 Å². The fourth-order valence-corrected chi connectivity index (χ4v) is 2.25. The number of hydrogen-bond donors (Lipinski definition) is 2. The third-order valence-corrected chi connectivity index (χ3v) is 3.54. The maximum Gasteiger partial charge on any atom is 0.225 e. The first-order valence-corrected chi connectivity index (χ1v) is 6.91. The van der Waals surface area contributed by atoms with Gasteiger partial charge >= 0.3 is 0 Å². The quantitative estimate of drug-likeness (QED) is 0.734. The van der Waals surface area contributed by atoms with Gasteiger partial charge in [-0.25, -0.2) is 0 Å². The van der Waals surface area contributed by atoms with Crippen LogP contribution in [0.4, 0.5) is 5.69 Å². The number of hydrogen-bond acceptors (Lipinski definition) is 3. The number of amides is 1. The lowest BCUT2D eigenvalue weighted by molar-refractivity contribution is -0.115. The summed E-state index contributed by atoms with van der Waals surface area (Å²) in [6.07, 6.45) is 0.512. The Hall–Kier alpha value is -1.00. The number of carbonyl (C=O) groups is 1. The predicted molar refractivity (Wildman–Crippen MR) is 73.3 cm³/mol. The van der Waals surface area contributed by atoms with Crippen molar-refractivity contribution in [3.8, 4) is 0 Å². The summed E-state index contributed by atoms with van der Waals surface area (Å²) < 4.78 is 0. The molecule has 1 unspecified atom stereocenters. The van der Waals surface area contributed by atoms with Crippen LogP contribution in [0.5, 0.6) is 0 Å². The molecule has 0 aliphatic carbocycles. The smallest absolute Gasteiger partial charge is 0.225 e. The van der Waals surface area contributed by atoms with Gasteiger partial charge in [0.2, 0.25) is 5.91 Å². The van der Waals surface area contributed by atoms with E-state index in [1.165, 1.54) is 0 Å². The summed E-state index contributed by atoms with van der Waals surface area (Å²) in [5.74, 6) is 2.04. The molecule has 0 saturated heterocycles. The van der Waals surface area contributed by atoms with E-state index in [4.69, 9.17) is 5.11 Å². The molecule has 0 bridgehead atoms. The molecule has 0 radical (unpaired) electrons. The van der Waals surface area contributed by atoms with Crippen LogP contribution in [-0.2, 0) is 4.79 Å². The number of nitrogens with one attached hydrogen (secondary N) is 1. The largest absolute Gasteiger partial charge is 0.396 e. The van der Waals surface area contributed by atoms with Crippen LogP contribution >= 0.6 is 11.8 Å². The second-order valence-corrected chi connectivity index (χ2v) is 5.18. The summed E-state index contributed by atoms with van der Waals surface area (Å²) in [5, 5.41) is 11.7. The van der Waals surface area contributed by atoms with Gasteiger partial charge in [0.05, 0.1) is 0 Å². The van der Waals surface area contributed by atoms with Crippen molar-refractivity contribution >= 4 is 23.4 Å². The molecule has 94 valence electrons. The first kappa shape index (κ1) is 14.1. The fraction of sp³-hybridized carbons (Fsp3) is 0.462. The Morgan fingerprint density at radius 2 is 2.12 bits per heavy atom. The molecule has 0 aromatic heterocycles. The van der Waals surface area contributed by atoms with Gasteiger partial charge in [0.1, 0.15) is 0 Å². The minimum absolute atomic E-state index is 0.0420. The van der Waals surface area contributed by atoms with E-state index >= 15 is 0 Å². The standard InChI is InChI=1S/C13H19NO2S/c1-11(9-15)10-17-8-7-13(16)14-12-5-3-2-4-6-12/h2-6,11,15H,7-10H2,1H3,(H,14,16). The summed E-state index contributed by atoms with van der Waals surface area (Å²) >= 11 is 1.70. The highest BCUT2D eigenvalue weighted by atomic mass is 32.2. The van der Waals surface area contributed by atoms with Gasteiger partial charge in [0.15, 0.2) is 0 Å². The molecule has 2 N–H and O–H groups in total. The van der Waals surface area contributed by atoms with E-state index < -0.39 is 0 Å². The van der Waals surface area contributed by atoms with Crippen LogP contribution in [0.25, 0.3) is 0 Å². The van der Waals surface area contributed by atoms with Crippen molar-refractivity contribution in [1.82, 2.24) is 0 Å². The van der Waals surface area contributed by atoms with Crippen molar-refractivity contribution in [2.75, 3.05) is 23.4 Å². The number of benzene rings is 1. The number of rotatable bonds is 7. The lowest BCUT2D eigenvalue weighted by Gasteiger charge is -2.07. The van der Waals surface area contributed by atoms with Crippen molar-refractivity contribution in [2.24, 2.45) is 5.92 Å². The van der Waals surface area contributed by atoms with Crippen molar-refractivity contribution < 1.29 is 9.90 Å². The monoisotopic (exact) mass is 253 g/mol. The zero-order chi connectivity index (χ0) is 12.5. The second-order valence-electron chi connectivity index (χ2n) is 4.03. The van der Waals surface area contributed by atoms with Gasteiger partial charge in [-0.15, -0.1) is 0 Å². The van der Waals surface area contributed by atoms with Gasteiger partial charge in [-0.2, -0.15) is 11.8 Å². The van der Waals surface area contributed by atoms with Crippen molar-refractivity contribution in [1.29, 1.82) is 0 Å². The van der Waals surface area contributed by atoms with Gasteiger partial charge in [-0.3, -0.25) is 4.79 Å². The van der Waals surface area contributed by atoms with E-state index in [-0.39, 0.29) is 12.5 Å². The zero-order valence-corrected chi connectivity index (χ0v) is 10.9. The van der Waals surface area contributed by atoms with Gasteiger partial charge < -0.3 is 10.4 Å². The Kier molecular flexibility index (Phi) is 6.74. The molecule has 0 heterocycles. The zero-order valence-electron chi connectivity index (χ0n) is 10.1. The molecule has 3 nitrogen and oxygen atoms in total. The molecule has 0 aliphatic heterocycles. The Morgan fingerprint density at radius 1 is 1.41 bits per heavy atom. The first-order valence-electron chi connectivity index (χ1n) is 5.76. The van der Waals surface area contributed by atoms with Gasteiger partial charge in [-0.1, -0.05) is 25.1 Å². The fourth-order valence-electron chi connectivity index (χ4n) is 1.25. The normalized spacial score (nSPS) is 12.1. The van der Waals surface area contributed by atoms with Crippen LogP contribution in [0.15, 0.2) is 30.3 Å². The maximum atomic E-state index is 11.6. The summed E-state index contributed by atoms with van der Waals surface area (Å²) in [6, 6.07) is 9.46. The summed E-state index contributed by atoms with van der Waals surface area (Å²) in [7, 11) is 0. The van der Waals surface area contributed by atoms with Crippen LogP contribution in [0, 0.1) is 5.92 Å². The Labute approximate surface area is 107 Å². The molecular weight excluding hydrogens is 234 g/mol. The molecule has 1 amide bonds. The highest BCUT2D eigenvalue weighted by Gasteiger charge is 2.03. The Balaban J connectivity index is 2.14. The molecule has 1 aromatic rings. The minimum atomic E-state index is 0.0420. The van der Waals surface area contributed by atoms with E-state index in [1.54, 1.807) is 11.8 Å². The van der Waals surface area contributed by atoms with Gasteiger partial charge in [0, 0.05) is 24.5 Å². The number of thioether (sulfide) groups is 1. The summed E-state index contributed by atoms with van der Waals surface area (Å²) in [5.41, 5.74) is 0.839. The van der Waals surface area contributed by atoms with E-state index in [9.17, 15) is 4.79 Å². The average molecular weight is 253 g/mol. The van der Waals surface area contributed by atoms with Crippen LogP contribution in [0.2, 0.25) is 0 Å². The van der Waals surface area contributed by atoms with Crippen LogP contribution in [-0.4, -0.2) is 29.1 Å². The number of carbonyl (C=O) groups excluding carboxylic acids is 1. The maximum absolute atomic E-state index is 11.6. The van der Waals surface area contributed by atoms with Gasteiger partial charge in [0.25, 0.3) is 0 Å². The van der Waals surface area contributed by atoms with Crippen molar-refractivity contribution in [2.45, 2.75) is 13.3 Å². The molecule has 1 atom stereocenters. The number of para-hydroxylation sites is 1. The van der Waals surface area contributed by atoms with Crippen molar-refractivity contribution in [3.05, 3.63) is 30.3 Å². The highest BCUT2D eigenvalue weighted by Crippen LogP contribution is 2.10. The molecular formula is C13H19NO2S. The minimum Gasteiger partial charge on any atom is -0.396 e. The third kappa shape index (κ3) is 6.34. The van der Waals surface area contributed by atoms with E-state index in [0.29, 0.717) is 12.3 Å². The summed E-state index contributed by atoms with van der Waals surface area (Å²) in [4.78, 5) is 11.6. The van der Waals surface area contributed by atoms with Crippen LogP contribution in [0.1, 0.15) is 13.3 Å². The van der Waals surface area contributed by atoms with Crippen LogP contribution < -0.4 is 5.32 Å². The molecule has 4 heteroatoms. The Morgan fingerprint density at radius 3 is 2.76 bits per heavy atom. The third-order valence-electron chi connectivity index (χ3n) is 2.25. The van der Waals surface area contributed by atoms with Crippen molar-refractivity contribution in [3.63, 3.8) is 0 Å². The van der Waals surface area contributed by atoms with E-state index in [1.807, 2.05) is 37.3 Å². The molecule has 0 aliphatic rings.